The van der Waals surface area contributed by atoms with E-state index in [1.165, 1.54) is 25.9 Å². The van der Waals surface area contributed by atoms with Crippen LogP contribution >= 0.6 is 24.0 Å². The summed E-state index contributed by atoms with van der Waals surface area (Å²) in [6, 6.07) is 5.90. The Hall–Kier alpha value is -1.42. The van der Waals surface area contributed by atoms with Crippen LogP contribution in [-0.4, -0.2) is 58.2 Å². The number of rotatable bonds is 6. The van der Waals surface area contributed by atoms with Gasteiger partial charge in [-0.2, -0.15) is 0 Å². The molecule has 2 aromatic heterocycles. The van der Waals surface area contributed by atoms with Gasteiger partial charge in [0, 0.05) is 25.8 Å². The van der Waals surface area contributed by atoms with E-state index >= 15 is 0 Å². The molecule has 0 spiro atoms. The first-order valence-electron chi connectivity index (χ1n) is 9.33. The highest BCUT2D eigenvalue weighted by atomic mass is 127. The van der Waals surface area contributed by atoms with E-state index in [4.69, 9.17) is 0 Å². The Morgan fingerprint density at radius 3 is 2.96 bits per heavy atom. The number of hydrogen-bond acceptors (Lipinski definition) is 4. The lowest BCUT2D eigenvalue weighted by atomic mass is 9.98. The first-order chi connectivity index (χ1) is 12.3. The van der Waals surface area contributed by atoms with Crippen LogP contribution in [0.2, 0.25) is 0 Å². The average molecular weight is 471 g/mol. The van der Waals surface area contributed by atoms with Gasteiger partial charge < -0.3 is 15.5 Å². The number of nitrogens with one attached hydrogen (secondary N) is 2. The van der Waals surface area contributed by atoms with Crippen molar-refractivity contribution in [2.75, 3.05) is 32.7 Å². The summed E-state index contributed by atoms with van der Waals surface area (Å²) in [6.07, 6.45) is 4.55. The van der Waals surface area contributed by atoms with Crippen molar-refractivity contribution in [2.45, 2.75) is 33.2 Å². The zero-order valence-corrected chi connectivity index (χ0v) is 18.0. The molecular weight excluding hydrogens is 441 g/mol. The minimum Gasteiger partial charge on any atom is -0.357 e. The summed E-state index contributed by atoms with van der Waals surface area (Å²) in [4.78, 5) is 7.22. The van der Waals surface area contributed by atoms with Crippen LogP contribution in [0.15, 0.2) is 29.4 Å². The number of guanidine groups is 1. The van der Waals surface area contributed by atoms with Crippen molar-refractivity contribution in [1.82, 2.24) is 30.1 Å². The summed E-state index contributed by atoms with van der Waals surface area (Å²) in [7, 11) is 0. The first-order valence-corrected chi connectivity index (χ1v) is 9.33. The van der Waals surface area contributed by atoms with Crippen LogP contribution < -0.4 is 10.6 Å². The molecule has 2 N–H and O–H groups in total. The predicted molar refractivity (Wildman–Crippen MR) is 116 cm³/mol. The largest absolute Gasteiger partial charge is 0.357 e. The molecule has 0 aliphatic carbocycles. The summed E-state index contributed by atoms with van der Waals surface area (Å²) in [5.41, 5.74) is 0.854. The Labute approximate surface area is 172 Å². The fourth-order valence-electron chi connectivity index (χ4n) is 3.34. The Morgan fingerprint density at radius 2 is 2.15 bits per heavy atom. The van der Waals surface area contributed by atoms with Gasteiger partial charge in [0.15, 0.2) is 17.4 Å². The molecular formula is C18H30IN7. The maximum Gasteiger partial charge on any atom is 0.191 e. The van der Waals surface area contributed by atoms with Crippen molar-refractivity contribution in [2.24, 2.45) is 10.9 Å². The van der Waals surface area contributed by atoms with E-state index in [1.807, 2.05) is 28.8 Å². The van der Waals surface area contributed by atoms with Crippen LogP contribution in [0.5, 0.6) is 0 Å². The number of halogens is 1. The molecule has 3 heterocycles. The van der Waals surface area contributed by atoms with Gasteiger partial charge in [-0.25, -0.2) is 4.99 Å². The topological polar surface area (TPSA) is 69.8 Å². The number of hydrogen-bond donors (Lipinski definition) is 2. The van der Waals surface area contributed by atoms with E-state index in [2.05, 4.69) is 44.6 Å². The van der Waals surface area contributed by atoms with E-state index in [0.29, 0.717) is 12.5 Å². The molecule has 1 aliphatic rings. The zero-order chi connectivity index (χ0) is 17.5. The van der Waals surface area contributed by atoms with Crippen molar-refractivity contribution in [3.63, 3.8) is 0 Å². The number of piperidine rings is 1. The van der Waals surface area contributed by atoms with Gasteiger partial charge in [-0.15, -0.1) is 34.2 Å². The highest BCUT2D eigenvalue weighted by molar-refractivity contribution is 14.0. The quantitative estimate of drug-likeness (QED) is 0.384. The fraction of sp³-hybridized carbons (Fsp3) is 0.611. The third-order valence-corrected chi connectivity index (χ3v) is 4.72. The molecule has 1 aliphatic heterocycles. The normalized spacial score (nSPS) is 18.5. The van der Waals surface area contributed by atoms with Crippen molar-refractivity contribution in [1.29, 1.82) is 0 Å². The number of aromatic nitrogens is 3. The van der Waals surface area contributed by atoms with E-state index in [1.54, 1.807) is 0 Å². The van der Waals surface area contributed by atoms with Gasteiger partial charge >= 0.3 is 0 Å². The number of fused-ring (bicyclic) bond motifs is 1. The maximum absolute atomic E-state index is 4.69. The van der Waals surface area contributed by atoms with E-state index < -0.39 is 0 Å². The lowest BCUT2D eigenvalue weighted by Gasteiger charge is -2.32. The standard InChI is InChI=1S/C18H29N7.HI/c1-3-19-18(20-12-15-8-7-10-24(4-2)14-15)21-13-17-23-22-16-9-5-6-11-25(16)17;/h5-6,9,11,15H,3-4,7-8,10,12-14H2,1-2H3,(H2,19,20,21);1H. The second kappa shape index (κ2) is 10.7. The van der Waals surface area contributed by atoms with Crippen molar-refractivity contribution >= 4 is 35.6 Å². The lowest BCUT2D eigenvalue weighted by Crippen LogP contribution is -2.44. The van der Waals surface area contributed by atoms with Crippen LogP contribution in [0.3, 0.4) is 0 Å². The second-order valence-corrected chi connectivity index (χ2v) is 6.52. The summed E-state index contributed by atoms with van der Waals surface area (Å²) >= 11 is 0. The van der Waals surface area contributed by atoms with Gasteiger partial charge in [0.2, 0.25) is 0 Å². The smallest absolute Gasteiger partial charge is 0.191 e. The first kappa shape index (κ1) is 20.9. The maximum atomic E-state index is 4.69. The molecule has 1 fully saturated rings. The molecule has 1 saturated heterocycles. The minimum atomic E-state index is 0. The molecule has 0 saturated carbocycles. The molecule has 1 unspecified atom stereocenters. The van der Waals surface area contributed by atoms with Gasteiger partial charge in [-0.1, -0.05) is 13.0 Å². The summed E-state index contributed by atoms with van der Waals surface area (Å²) < 4.78 is 1.98. The highest BCUT2D eigenvalue weighted by Crippen LogP contribution is 2.15. The molecule has 2 aromatic rings. The average Bonchev–Trinajstić information content (AvgIpc) is 3.07. The molecule has 0 radical (unpaired) electrons. The van der Waals surface area contributed by atoms with Gasteiger partial charge in [0.05, 0.1) is 0 Å². The third-order valence-electron chi connectivity index (χ3n) is 4.72. The summed E-state index contributed by atoms with van der Waals surface area (Å²) in [5, 5.41) is 15.2. The highest BCUT2D eigenvalue weighted by Gasteiger charge is 2.18. The Morgan fingerprint density at radius 1 is 1.27 bits per heavy atom. The van der Waals surface area contributed by atoms with Gasteiger partial charge in [0.25, 0.3) is 0 Å². The molecule has 0 aromatic carbocycles. The summed E-state index contributed by atoms with van der Waals surface area (Å²) in [6.45, 7) is 10.2. The summed E-state index contributed by atoms with van der Waals surface area (Å²) in [5.74, 6) is 2.39. The van der Waals surface area contributed by atoms with E-state index in [0.717, 1.165) is 37.1 Å². The predicted octanol–water partition coefficient (Wildman–Crippen LogP) is 2.13. The molecule has 0 amide bonds. The Kier molecular flexibility index (Phi) is 8.56. The van der Waals surface area contributed by atoms with Gasteiger partial charge in [-0.05, 0) is 50.9 Å². The van der Waals surface area contributed by atoms with Crippen molar-refractivity contribution in [3.8, 4) is 0 Å². The number of likely N-dealkylation sites (tertiary alicyclic amines) is 1. The van der Waals surface area contributed by atoms with Crippen LogP contribution in [0, 0.1) is 5.92 Å². The van der Waals surface area contributed by atoms with E-state index in [9.17, 15) is 0 Å². The molecule has 1 atom stereocenters. The fourth-order valence-corrected chi connectivity index (χ4v) is 3.34. The number of pyridine rings is 1. The Bertz CT molecular complexity index is 700. The van der Waals surface area contributed by atoms with Crippen LogP contribution in [0.1, 0.15) is 32.5 Å². The molecule has 8 heteroatoms. The van der Waals surface area contributed by atoms with Crippen molar-refractivity contribution < 1.29 is 0 Å². The monoisotopic (exact) mass is 471 g/mol. The SMILES string of the molecule is CCNC(=NCc1nnc2ccccn12)NCC1CCCN(CC)C1.I. The lowest BCUT2D eigenvalue weighted by molar-refractivity contribution is 0.183. The molecule has 26 heavy (non-hydrogen) atoms. The molecule has 7 nitrogen and oxygen atoms in total. The van der Waals surface area contributed by atoms with Crippen molar-refractivity contribution in [3.05, 3.63) is 30.2 Å². The van der Waals surface area contributed by atoms with Crippen LogP contribution in [0.4, 0.5) is 0 Å². The van der Waals surface area contributed by atoms with E-state index in [-0.39, 0.29) is 24.0 Å². The van der Waals surface area contributed by atoms with Gasteiger partial charge in [-0.3, -0.25) is 4.40 Å². The van der Waals surface area contributed by atoms with Crippen LogP contribution in [-0.2, 0) is 6.54 Å². The van der Waals surface area contributed by atoms with Crippen LogP contribution in [0.25, 0.3) is 5.65 Å². The number of aliphatic imine (C=N–C) groups is 1. The van der Waals surface area contributed by atoms with Gasteiger partial charge in [0.1, 0.15) is 6.54 Å². The molecule has 0 bridgehead atoms. The Balaban J connectivity index is 0.00000243. The second-order valence-electron chi connectivity index (χ2n) is 6.52. The minimum absolute atomic E-state index is 0. The molecule has 144 valence electrons. The molecule has 3 rings (SSSR count). The third kappa shape index (κ3) is 5.54. The zero-order valence-electron chi connectivity index (χ0n) is 15.7. The number of nitrogens with zero attached hydrogens (tertiary/aromatic N) is 5.